The molecule has 2 aromatic rings. The average Bonchev–Trinajstić information content (AvgIpc) is 2.81. The predicted octanol–water partition coefficient (Wildman–Crippen LogP) is 6.19. The third-order valence-corrected chi connectivity index (χ3v) is 4.62. The standard InChI is InChI=1S/C17H24S/c1-2-3-4-5-6-7-8-11-15-14-18-17-13-10-9-12-16(15)17/h9-10,12-14H,2-8,11H2,1H3. The van der Waals surface area contributed by atoms with Crippen molar-refractivity contribution < 1.29 is 0 Å². The van der Waals surface area contributed by atoms with E-state index in [0.29, 0.717) is 0 Å². The number of hydrogen-bond acceptors (Lipinski definition) is 1. The van der Waals surface area contributed by atoms with Gasteiger partial charge in [-0.1, -0.05) is 63.6 Å². The van der Waals surface area contributed by atoms with Gasteiger partial charge in [-0.2, -0.15) is 0 Å². The molecular weight excluding hydrogens is 236 g/mol. The van der Waals surface area contributed by atoms with E-state index in [1.165, 1.54) is 61.5 Å². The average molecular weight is 260 g/mol. The first-order valence-corrected chi connectivity index (χ1v) is 8.25. The minimum Gasteiger partial charge on any atom is -0.144 e. The van der Waals surface area contributed by atoms with Crippen molar-refractivity contribution in [3.63, 3.8) is 0 Å². The van der Waals surface area contributed by atoms with Crippen LogP contribution in [0.2, 0.25) is 0 Å². The molecule has 0 saturated carbocycles. The molecule has 0 radical (unpaired) electrons. The molecule has 2 rings (SSSR count). The number of unbranched alkanes of at least 4 members (excludes halogenated alkanes) is 6. The summed E-state index contributed by atoms with van der Waals surface area (Å²) in [5.41, 5.74) is 1.56. The van der Waals surface area contributed by atoms with Crippen molar-refractivity contribution in [2.24, 2.45) is 0 Å². The van der Waals surface area contributed by atoms with Gasteiger partial charge in [0, 0.05) is 4.70 Å². The Morgan fingerprint density at radius 3 is 2.44 bits per heavy atom. The number of rotatable bonds is 8. The highest BCUT2D eigenvalue weighted by atomic mass is 32.1. The van der Waals surface area contributed by atoms with Gasteiger partial charge in [-0.15, -0.1) is 11.3 Å². The van der Waals surface area contributed by atoms with Crippen molar-refractivity contribution in [3.8, 4) is 0 Å². The molecule has 0 bridgehead atoms. The Morgan fingerprint density at radius 1 is 0.889 bits per heavy atom. The van der Waals surface area contributed by atoms with Crippen LogP contribution >= 0.6 is 11.3 Å². The summed E-state index contributed by atoms with van der Waals surface area (Å²) < 4.78 is 1.44. The Labute approximate surface area is 115 Å². The first kappa shape index (κ1) is 13.6. The number of thiophene rings is 1. The summed E-state index contributed by atoms with van der Waals surface area (Å²) in [5.74, 6) is 0. The van der Waals surface area contributed by atoms with Crippen molar-refractivity contribution in [2.75, 3.05) is 0 Å². The van der Waals surface area contributed by atoms with Gasteiger partial charge in [0.05, 0.1) is 0 Å². The topological polar surface area (TPSA) is 0 Å². The van der Waals surface area contributed by atoms with E-state index in [1.807, 2.05) is 11.3 Å². The van der Waals surface area contributed by atoms with Crippen LogP contribution in [0, 0.1) is 0 Å². The van der Waals surface area contributed by atoms with Crippen LogP contribution in [0.15, 0.2) is 29.6 Å². The van der Waals surface area contributed by atoms with Crippen LogP contribution in [0.1, 0.15) is 57.4 Å². The molecule has 1 heterocycles. The lowest BCUT2D eigenvalue weighted by Crippen LogP contribution is -1.85. The molecule has 0 nitrogen and oxygen atoms in total. The van der Waals surface area contributed by atoms with Gasteiger partial charge in [0.1, 0.15) is 0 Å². The van der Waals surface area contributed by atoms with Crippen LogP contribution in [0.5, 0.6) is 0 Å². The zero-order chi connectivity index (χ0) is 12.6. The molecule has 0 fully saturated rings. The van der Waals surface area contributed by atoms with Crippen LogP contribution in [-0.4, -0.2) is 0 Å². The van der Waals surface area contributed by atoms with E-state index >= 15 is 0 Å². The number of benzene rings is 1. The zero-order valence-electron chi connectivity index (χ0n) is 11.5. The normalized spacial score (nSPS) is 11.2. The minimum absolute atomic E-state index is 1.26. The van der Waals surface area contributed by atoms with Crippen LogP contribution < -0.4 is 0 Å². The summed E-state index contributed by atoms with van der Waals surface area (Å²) in [7, 11) is 0. The van der Waals surface area contributed by atoms with Crippen LogP contribution in [0.25, 0.3) is 10.1 Å². The third kappa shape index (κ3) is 3.84. The lowest BCUT2D eigenvalue weighted by molar-refractivity contribution is 0.590. The quantitative estimate of drug-likeness (QED) is 0.496. The van der Waals surface area contributed by atoms with E-state index in [9.17, 15) is 0 Å². The van der Waals surface area contributed by atoms with Gasteiger partial charge in [0.25, 0.3) is 0 Å². The van der Waals surface area contributed by atoms with Crippen molar-refractivity contribution in [2.45, 2.75) is 58.3 Å². The van der Waals surface area contributed by atoms with Gasteiger partial charge in [-0.3, -0.25) is 0 Å². The first-order valence-electron chi connectivity index (χ1n) is 7.37. The summed E-state index contributed by atoms with van der Waals surface area (Å²) in [4.78, 5) is 0. The zero-order valence-corrected chi connectivity index (χ0v) is 12.3. The van der Waals surface area contributed by atoms with E-state index < -0.39 is 0 Å². The summed E-state index contributed by atoms with van der Waals surface area (Å²) in [6, 6.07) is 8.79. The van der Waals surface area contributed by atoms with Crippen molar-refractivity contribution in [1.82, 2.24) is 0 Å². The number of fused-ring (bicyclic) bond motifs is 1. The predicted molar refractivity (Wildman–Crippen MR) is 83.5 cm³/mol. The maximum atomic E-state index is 2.35. The second-order valence-electron chi connectivity index (χ2n) is 5.13. The molecule has 0 aliphatic rings. The molecule has 0 aliphatic heterocycles. The van der Waals surface area contributed by atoms with Gasteiger partial charge >= 0.3 is 0 Å². The van der Waals surface area contributed by atoms with E-state index in [-0.39, 0.29) is 0 Å². The lowest BCUT2D eigenvalue weighted by atomic mass is 10.0. The lowest BCUT2D eigenvalue weighted by Gasteiger charge is -2.01. The van der Waals surface area contributed by atoms with E-state index in [2.05, 4.69) is 36.6 Å². The van der Waals surface area contributed by atoms with Gasteiger partial charge < -0.3 is 0 Å². The molecule has 18 heavy (non-hydrogen) atoms. The molecule has 0 saturated heterocycles. The summed E-state index contributed by atoms with van der Waals surface area (Å²) in [6.07, 6.45) is 11.0. The first-order chi connectivity index (χ1) is 8.92. The van der Waals surface area contributed by atoms with Gasteiger partial charge in [-0.25, -0.2) is 0 Å². The van der Waals surface area contributed by atoms with Crippen LogP contribution in [0.4, 0.5) is 0 Å². The fraction of sp³-hybridized carbons (Fsp3) is 0.529. The minimum atomic E-state index is 1.26. The maximum Gasteiger partial charge on any atom is 0.0345 e. The Morgan fingerprint density at radius 2 is 1.61 bits per heavy atom. The maximum absolute atomic E-state index is 2.35. The van der Waals surface area contributed by atoms with Crippen molar-refractivity contribution in [3.05, 3.63) is 35.2 Å². The third-order valence-electron chi connectivity index (χ3n) is 3.61. The Balaban J connectivity index is 1.70. The summed E-state index contributed by atoms with van der Waals surface area (Å²) >= 11 is 1.89. The molecule has 98 valence electrons. The van der Waals surface area contributed by atoms with Gasteiger partial charge in [-0.05, 0) is 35.2 Å². The molecule has 1 aromatic carbocycles. The fourth-order valence-corrected chi connectivity index (χ4v) is 3.50. The Bertz CT molecular complexity index is 455. The number of hydrogen-bond donors (Lipinski definition) is 0. The molecule has 1 aromatic heterocycles. The van der Waals surface area contributed by atoms with Gasteiger partial charge in [0.15, 0.2) is 0 Å². The molecule has 0 spiro atoms. The summed E-state index contributed by atoms with van der Waals surface area (Å²) in [5, 5.41) is 3.83. The largest absolute Gasteiger partial charge is 0.144 e. The second-order valence-corrected chi connectivity index (χ2v) is 6.04. The molecule has 0 aliphatic carbocycles. The molecule has 0 unspecified atom stereocenters. The Hall–Kier alpha value is -0.820. The highest BCUT2D eigenvalue weighted by Crippen LogP contribution is 2.27. The van der Waals surface area contributed by atoms with E-state index in [1.54, 1.807) is 5.56 Å². The Kier molecular flexibility index (Phi) is 5.73. The van der Waals surface area contributed by atoms with Crippen LogP contribution in [0.3, 0.4) is 0 Å². The SMILES string of the molecule is CCCCCCCCCc1csc2ccccc12. The van der Waals surface area contributed by atoms with Crippen molar-refractivity contribution >= 4 is 21.4 Å². The highest BCUT2D eigenvalue weighted by molar-refractivity contribution is 7.17. The molecule has 1 heteroatoms. The van der Waals surface area contributed by atoms with Gasteiger partial charge in [0.2, 0.25) is 0 Å². The highest BCUT2D eigenvalue weighted by Gasteiger charge is 2.02. The number of aryl methyl sites for hydroxylation is 1. The van der Waals surface area contributed by atoms with Crippen molar-refractivity contribution in [1.29, 1.82) is 0 Å². The van der Waals surface area contributed by atoms with E-state index in [0.717, 1.165) is 0 Å². The molecule has 0 amide bonds. The molecule has 0 N–H and O–H groups in total. The fourth-order valence-electron chi connectivity index (χ4n) is 2.50. The monoisotopic (exact) mass is 260 g/mol. The van der Waals surface area contributed by atoms with E-state index in [4.69, 9.17) is 0 Å². The second kappa shape index (κ2) is 7.58. The molecular formula is C17H24S. The summed E-state index contributed by atoms with van der Waals surface area (Å²) in [6.45, 7) is 2.28. The van der Waals surface area contributed by atoms with Crippen LogP contribution in [-0.2, 0) is 6.42 Å². The smallest absolute Gasteiger partial charge is 0.0345 e. The molecule has 0 atom stereocenters.